The van der Waals surface area contributed by atoms with E-state index in [0.717, 1.165) is 0 Å². The van der Waals surface area contributed by atoms with Crippen LogP contribution in [0.25, 0.3) is 0 Å². The number of hydrogen-bond acceptors (Lipinski definition) is 4. The van der Waals surface area contributed by atoms with Gasteiger partial charge in [0.1, 0.15) is 12.4 Å². The van der Waals surface area contributed by atoms with Crippen molar-refractivity contribution in [3.8, 4) is 5.75 Å². The molecular weight excluding hydrogens is 284 g/mol. The second-order valence-corrected chi connectivity index (χ2v) is 5.03. The van der Waals surface area contributed by atoms with Crippen LogP contribution >= 0.6 is 0 Å². The van der Waals surface area contributed by atoms with Crippen LogP contribution in [0.2, 0.25) is 0 Å². The van der Waals surface area contributed by atoms with Crippen molar-refractivity contribution in [2.75, 3.05) is 18.1 Å². The molecule has 2 aromatic carbocycles. The Labute approximate surface area is 127 Å². The second-order valence-electron chi connectivity index (χ2n) is 5.03. The number of nitro benzene ring substituents is 1. The zero-order chi connectivity index (χ0) is 15.7. The van der Waals surface area contributed by atoms with Crippen molar-refractivity contribution in [2.24, 2.45) is 0 Å². The van der Waals surface area contributed by atoms with Crippen molar-refractivity contribution in [3.63, 3.8) is 0 Å². The first-order valence-corrected chi connectivity index (χ1v) is 6.86. The summed E-state index contributed by atoms with van der Waals surface area (Å²) in [6.45, 7) is 2.46. The van der Waals surface area contributed by atoms with Crippen molar-refractivity contribution < 1.29 is 14.5 Å². The van der Waals surface area contributed by atoms with Crippen LogP contribution in [-0.2, 0) is 0 Å². The summed E-state index contributed by atoms with van der Waals surface area (Å²) in [5.41, 5.74) is 1.47. The van der Waals surface area contributed by atoms with Gasteiger partial charge in [-0.3, -0.25) is 14.9 Å². The van der Waals surface area contributed by atoms with Gasteiger partial charge in [-0.25, -0.2) is 0 Å². The van der Waals surface area contributed by atoms with Crippen LogP contribution in [0.15, 0.2) is 42.5 Å². The molecule has 6 nitrogen and oxygen atoms in total. The third-order valence-electron chi connectivity index (χ3n) is 3.63. The van der Waals surface area contributed by atoms with Gasteiger partial charge >= 0.3 is 0 Å². The normalized spacial score (nSPS) is 13.2. The van der Waals surface area contributed by atoms with Crippen LogP contribution in [0.3, 0.4) is 0 Å². The molecule has 0 unspecified atom stereocenters. The van der Waals surface area contributed by atoms with E-state index in [0.29, 0.717) is 35.7 Å². The number of hydrogen-bond donors (Lipinski definition) is 0. The van der Waals surface area contributed by atoms with Crippen LogP contribution < -0.4 is 9.64 Å². The summed E-state index contributed by atoms with van der Waals surface area (Å²) in [4.78, 5) is 24.8. The zero-order valence-corrected chi connectivity index (χ0v) is 12.0. The van der Waals surface area contributed by atoms with E-state index in [9.17, 15) is 14.9 Å². The minimum absolute atomic E-state index is 0.0487. The van der Waals surface area contributed by atoms with Crippen molar-refractivity contribution in [2.45, 2.75) is 6.92 Å². The van der Waals surface area contributed by atoms with Gasteiger partial charge in [0.25, 0.3) is 11.6 Å². The summed E-state index contributed by atoms with van der Waals surface area (Å²) in [5.74, 6) is 0.377. The summed E-state index contributed by atoms with van der Waals surface area (Å²) in [7, 11) is 0. The molecule has 3 rings (SSSR count). The van der Waals surface area contributed by atoms with Crippen molar-refractivity contribution in [3.05, 3.63) is 63.7 Å². The third-order valence-corrected chi connectivity index (χ3v) is 3.63. The van der Waals surface area contributed by atoms with Crippen LogP contribution in [0.4, 0.5) is 11.4 Å². The number of nitrogens with zero attached hydrogens (tertiary/aromatic N) is 2. The van der Waals surface area contributed by atoms with Gasteiger partial charge in [-0.1, -0.05) is 18.2 Å². The number of aryl methyl sites for hydroxylation is 1. The highest BCUT2D eigenvalue weighted by Gasteiger charge is 2.25. The lowest BCUT2D eigenvalue weighted by molar-refractivity contribution is -0.385. The van der Waals surface area contributed by atoms with Crippen LogP contribution in [0, 0.1) is 17.0 Å². The van der Waals surface area contributed by atoms with Crippen LogP contribution in [0.5, 0.6) is 5.75 Å². The summed E-state index contributed by atoms with van der Waals surface area (Å²) in [6, 6.07) is 11.8. The Balaban J connectivity index is 1.99. The molecule has 1 amide bonds. The Kier molecular flexibility index (Phi) is 3.50. The van der Waals surface area contributed by atoms with Crippen molar-refractivity contribution in [1.29, 1.82) is 0 Å². The van der Waals surface area contributed by atoms with E-state index in [4.69, 9.17) is 4.74 Å². The van der Waals surface area contributed by atoms with Gasteiger partial charge in [0.2, 0.25) is 0 Å². The standard InChI is InChI=1S/C16H14N2O4/c1-11-6-7-12(10-14(11)18(20)21)16(19)17-8-9-22-15-5-3-2-4-13(15)17/h2-7,10H,8-9H2,1H3. The number of carbonyl (C=O) groups excluding carboxylic acids is 1. The van der Waals surface area contributed by atoms with Crippen molar-refractivity contribution in [1.82, 2.24) is 0 Å². The van der Waals surface area contributed by atoms with Gasteiger partial charge in [-0.05, 0) is 25.1 Å². The van der Waals surface area contributed by atoms with Gasteiger partial charge in [0.05, 0.1) is 17.2 Å². The fourth-order valence-corrected chi connectivity index (χ4v) is 2.48. The lowest BCUT2D eigenvalue weighted by Gasteiger charge is -2.29. The number of rotatable bonds is 2. The molecule has 112 valence electrons. The molecule has 1 heterocycles. The third kappa shape index (κ3) is 2.39. The first kappa shape index (κ1) is 14.1. The Morgan fingerprint density at radius 2 is 2.05 bits per heavy atom. The van der Waals surface area contributed by atoms with E-state index in [-0.39, 0.29) is 11.6 Å². The zero-order valence-electron chi connectivity index (χ0n) is 12.0. The molecule has 2 aromatic rings. The quantitative estimate of drug-likeness (QED) is 0.631. The number of amides is 1. The average molecular weight is 298 g/mol. The molecule has 0 saturated heterocycles. The Morgan fingerprint density at radius 1 is 1.27 bits per heavy atom. The van der Waals surface area contributed by atoms with E-state index in [2.05, 4.69) is 0 Å². The number of ether oxygens (including phenoxy) is 1. The number of fused-ring (bicyclic) bond motifs is 1. The maximum atomic E-state index is 12.7. The van der Waals surface area contributed by atoms with Gasteiger partial charge in [-0.2, -0.15) is 0 Å². The molecule has 0 spiro atoms. The maximum absolute atomic E-state index is 12.7. The highest BCUT2D eigenvalue weighted by Crippen LogP contribution is 2.32. The summed E-state index contributed by atoms with van der Waals surface area (Å²) in [5, 5.41) is 11.0. The first-order chi connectivity index (χ1) is 10.6. The molecule has 0 fully saturated rings. The smallest absolute Gasteiger partial charge is 0.273 e. The number of benzene rings is 2. The number of carbonyl (C=O) groups is 1. The predicted molar refractivity (Wildman–Crippen MR) is 81.4 cm³/mol. The average Bonchev–Trinajstić information content (AvgIpc) is 2.54. The van der Waals surface area contributed by atoms with Gasteiger partial charge in [-0.15, -0.1) is 0 Å². The molecule has 6 heteroatoms. The molecule has 0 atom stereocenters. The molecular formula is C16H14N2O4. The SMILES string of the molecule is Cc1ccc(C(=O)N2CCOc3ccccc32)cc1[N+](=O)[O-]. The molecule has 0 saturated carbocycles. The summed E-state index contributed by atoms with van der Waals surface area (Å²) >= 11 is 0. The lowest BCUT2D eigenvalue weighted by atomic mass is 10.1. The minimum atomic E-state index is -0.473. The largest absolute Gasteiger partial charge is 0.490 e. The number of nitro groups is 1. The lowest BCUT2D eigenvalue weighted by Crippen LogP contribution is -2.37. The molecule has 1 aliphatic heterocycles. The van der Waals surface area contributed by atoms with E-state index in [1.807, 2.05) is 12.1 Å². The first-order valence-electron chi connectivity index (χ1n) is 6.86. The van der Waals surface area contributed by atoms with E-state index in [1.165, 1.54) is 6.07 Å². The van der Waals surface area contributed by atoms with Gasteiger partial charge in [0, 0.05) is 17.2 Å². The molecule has 0 aromatic heterocycles. The number of para-hydroxylation sites is 2. The predicted octanol–water partition coefficient (Wildman–Crippen LogP) is 2.94. The minimum Gasteiger partial charge on any atom is -0.490 e. The van der Waals surface area contributed by atoms with Gasteiger partial charge < -0.3 is 9.64 Å². The molecule has 22 heavy (non-hydrogen) atoms. The van der Waals surface area contributed by atoms with Crippen molar-refractivity contribution >= 4 is 17.3 Å². The molecule has 1 aliphatic rings. The van der Waals surface area contributed by atoms with Gasteiger partial charge in [0.15, 0.2) is 0 Å². The van der Waals surface area contributed by atoms with Crippen LogP contribution in [0.1, 0.15) is 15.9 Å². The maximum Gasteiger partial charge on any atom is 0.273 e. The fourth-order valence-electron chi connectivity index (χ4n) is 2.48. The number of anilines is 1. The Hall–Kier alpha value is -2.89. The van der Waals surface area contributed by atoms with E-state index in [1.54, 1.807) is 36.1 Å². The van der Waals surface area contributed by atoms with E-state index < -0.39 is 4.92 Å². The molecule has 0 aliphatic carbocycles. The highest BCUT2D eigenvalue weighted by atomic mass is 16.6. The monoisotopic (exact) mass is 298 g/mol. The molecule has 0 bridgehead atoms. The molecule has 0 radical (unpaired) electrons. The summed E-state index contributed by atoms with van der Waals surface area (Å²) in [6.07, 6.45) is 0. The highest BCUT2D eigenvalue weighted by molar-refractivity contribution is 6.07. The van der Waals surface area contributed by atoms with E-state index >= 15 is 0 Å². The fraction of sp³-hybridized carbons (Fsp3) is 0.188. The summed E-state index contributed by atoms with van der Waals surface area (Å²) < 4.78 is 5.52. The van der Waals surface area contributed by atoms with Crippen LogP contribution in [-0.4, -0.2) is 24.0 Å². The topological polar surface area (TPSA) is 72.7 Å². The Bertz CT molecular complexity index is 758. The Morgan fingerprint density at radius 3 is 2.82 bits per heavy atom. The molecule has 0 N–H and O–H groups in total. The second kappa shape index (κ2) is 5.48.